The van der Waals surface area contributed by atoms with Crippen LogP contribution in [0.15, 0.2) is 18.2 Å². The van der Waals surface area contributed by atoms with Gasteiger partial charge in [-0.1, -0.05) is 11.6 Å². The van der Waals surface area contributed by atoms with Crippen molar-refractivity contribution in [2.45, 2.75) is 31.7 Å². The number of fused-ring (bicyclic) bond motifs is 2. The highest BCUT2D eigenvalue weighted by molar-refractivity contribution is 6.30. The molecular formula is C18H23ClN2O2. The Kier molecular flexibility index (Phi) is 4.20. The van der Waals surface area contributed by atoms with Crippen molar-refractivity contribution in [1.82, 2.24) is 9.80 Å². The van der Waals surface area contributed by atoms with Gasteiger partial charge in [0.1, 0.15) is 12.4 Å². The zero-order valence-corrected chi connectivity index (χ0v) is 14.1. The Morgan fingerprint density at radius 3 is 3.00 bits per heavy atom. The van der Waals surface area contributed by atoms with Crippen LogP contribution in [0.4, 0.5) is 0 Å². The topological polar surface area (TPSA) is 32.8 Å². The number of rotatable bonds is 1. The second-order valence-corrected chi connectivity index (χ2v) is 7.37. The highest BCUT2D eigenvalue weighted by atomic mass is 35.5. The van der Waals surface area contributed by atoms with Gasteiger partial charge in [0, 0.05) is 30.7 Å². The molecule has 1 amide bonds. The van der Waals surface area contributed by atoms with Crippen LogP contribution in [-0.4, -0.2) is 54.5 Å². The lowest BCUT2D eigenvalue weighted by Crippen LogP contribution is -2.44. The van der Waals surface area contributed by atoms with Crippen molar-refractivity contribution < 1.29 is 9.53 Å². The number of hydrogen-bond acceptors (Lipinski definition) is 3. The van der Waals surface area contributed by atoms with E-state index in [1.54, 1.807) is 0 Å². The third-order valence-electron chi connectivity index (χ3n) is 5.39. The number of nitrogens with zero attached hydrogens (tertiary/aromatic N) is 2. The van der Waals surface area contributed by atoms with Crippen LogP contribution < -0.4 is 4.74 Å². The van der Waals surface area contributed by atoms with Gasteiger partial charge in [-0.3, -0.25) is 9.69 Å². The summed E-state index contributed by atoms with van der Waals surface area (Å²) in [6.45, 7) is 4.58. The molecule has 23 heavy (non-hydrogen) atoms. The first-order valence-electron chi connectivity index (χ1n) is 8.65. The number of halogens is 1. The molecule has 2 saturated heterocycles. The lowest BCUT2D eigenvalue weighted by atomic mass is 9.95. The van der Waals surface area contributed by atoms with Gasteiger partial charge in [-0.15, -0.1) is 0 Å². The smallest absolute Gasteiger partial charge is 0.229 e. The van der Waals surface area contributed by atoms with Gasteiger partial charge in [0.2, 0.25) is 5.91 Å². The minimum atomic E-state index is -0.0751. The molecule has 2 fully saturated rings. The van der Waals surface area contributed by atoms with Crippen LogP contribution in [0.5, 0.6) is 5.75 Å². The summed E-state index contributed by atoms with van der Waals surface area (Å²) < 4.78 is 5.80. The fraction of sp³-hybridized carbons (Fsp3) is 0.611. The molecule has 1 aromatic carbocycles. The Bertz CT molecular complexity index is 607. The maximum Gasteiger partial charge on any atom is 0.229 e. The summed E-state index contributed by atoms with van der Waals surface area (Å²) in [5.41, 5.74) is 1.06. The summed E-state index contributed by atoms with van der Waals surface area (Å²) in [5.74, 6) is 1.05. The van der Waals surface area contributed by atoms with Crippen LogP contribution in [0.2, 0.25) is 5.02 Å². The van der Waals surface area contributed by atoms with Crippen molar-refractivity contribution >= 4 is 17.5 Å². The van der Waals surface area contributed by atoms with E-state index < -0.39 is 0 Å². The van der Waals surface area contributed by atoms with E-state index in [2.05, 4.69) is 9.80 Å². The Hall–Kier alpha value is -1.26. The largest absolute Gasteiger partial charge is 0.492 e. The van der Waals surface area contributed by atoms with Crippen LogP contribution in [-0.2, 0) is 11.2 Å². The van der Waals surface area contributed by atoms with Gasteiger partial charge in [0.15, 0.2) is 0 Å². The molecule has 0 aliphatic carbocycles. The predicted molar refractivity (Wildman–Crippen MR) is 89.9 cm³/mol. The Morgan fingerprint density at radius 1 is 1.22 bits per heavy atom. The van der Waals surface area contributed by atoms with E-state index in [0.29, 0.717) is 17.7 Å². The minimum absolute atomic E-state index is 0.0751. The van der Waals surface area contributed by atoms with Gasteiger partial charge in [-0.25, -0.2) is 0 Å². The van der Waals surface area contributed by atoms with E-state index >= 15 is 0 Å². The average Bonchev–Trinajstić information content (AvgIpc) is 2.90. The average molecular weight is 335 g/mol. The molecule has 3 aliphatic rings. The van der Waals surface area contributed by atoms with E-state index in [-0.39, 0.29) is 11.8 Å². The fourth-order valence-corrected chi connectivity index (χ4v) is 4.38. The molecule has 0 saturated carbocycles. The fourth-order valence-electron chi connectivity index (χ4n) is 4.19. The molecule has 0 aromatic heterocycles. The number of ether oxygens (including phenoxy) is 1. The Labute approximate surface area is 142 Å². The summed E-state index contributed by atoms with van der Waals surface area (Å²) in [7, 11) is 0. The zero-order chi connectivity index (χ0) is 15.8. The third-order valence-corrected chi connectivity index (χ3v) is 5.63. The molecule has 4 nitrogen and oxygen atoms in total. The standard InChI is InChI=1S/C18H23ClN2O2/c19-15-4-5-17-13(10-15)9-14(12-23-17)18(22)21-8-2-7-20-6-1-3-16(20)11-21/h4-5,10,14,16H,1-3,6-9,11-12H2/t14-,16+/m0/s1. The van der Waals surface area contributed by atoms with Crippen molar-refractivity contribution in [3.8, 4) is 5.75 Å². The van der Waals surface area contributed by atoms with Crippen LogP contribution in [0.25, 0.3) is 0 Å². The quantitative estimate of drug-likeness (QED) is 0.791. The lowest BCUT2D eigenvalue weighted by molar-refractivity contribution is -0.137. The maximum absolute atomic E-state index is 13.0. The Balaban J connectivity index is 1.46. The van der Waals surface area contributed by atoms with E-state index in [0.717, 1.165) is 43.8 Å². The Morgan fingerprint density at radius 2 is 2.09 bits per heavy atom. The van der Waals surface area contributed by atoms with Crippen molar-refractivity contribution in [2.24, 2.45) is 5.92 Å². The van der Waals surface area contributed by atoms with E-state index in [1.165, 1.54) is 19.4 Å². The number of benzene rings is 1. The first-order chi connectivity index (χ1) is 11.2. The van der Waals surface area contributed by atoms with Crippen molar-refractivity contribution in [1.29, 1.82) is 0 Å². The SMILES string of the molecule is O=C([C@@H]1COc2ccc(Cl)cc2C1)N1CCCN2CCC[C@@H]2C1. The van der Waals surface area contributed by atoms with Crippen LogP contribution in [0.3, 0.4) is 0 Å². The molecule has 3 aliphatic heterocycles. The number of amides is 1. The molecule has 0 N–H and O–H groups in total. The number of hydrogen-bond donors (Lipinski definition) is 0. The molecule has 2 atom stereocenters. The van der Waals surface area contributed by atoms with Gasteiger partial charge < -0.3 is 9.64 Å². The third kappa shape index (κ3) is 3.07. The molecular weight excluding hydrogens is 312 g/mol. The van der Waals surface area contributed by atoms with Gasteiger partial charge in [0.25, 0.3) is 0 Å². The molecule has 5 heteroatoms. The summed E-state index contributed by atoms with van der Waals surface area (Å²) in [4.78, 5) is 17.6. The highest BCUT2D eigenvalue weighted by Gasteiger charge is 2.34. The number of carbonyl (C=O) groups excluding carboxylic acids is 1. The van der Waals surface area contributed by atoms with Gasteiger partial charge in [0.05, 0.1) is 5.92 Å². The lowest BCUT2D eigenvalue weighted by Gasteiger charge is -2.31. The zero-order valence-electron chi connectivity index (χ0n) is 13.3. The van der Waals surface area contributed by atoms with E-state index in [4.69, 9.17) is 16.3 Å². The molecule has 124 valence electrons. The van der Waals surface area contributed by atoms with E-state index in [9.17, 15) is 4.79 Å². The summed E-state index contributed by atoms with van der Waals surface area (Å²) >= 11 is 6.08. The first kappa shape index (κ1) is 15.3. The van der Waals surface area contributed by atoms with Gasteiger partial charge >= 0.3 is 0 Å². The second-order valence-electron chi connectivity index (χ2n) is 6.93. The van der Waals surface area contributed by atoms with Crippen molar-refractivity contribution in [2.75, 3.05) is 32.8 Å². The van der Waals surface area contributed by atoms with E-state index in [1.807, 2.05) is 18.2 Å². The predicted octanol–water partition coefficient (Wildman–Crippen LogP) is 2.59. The molecule has 3 heterocycles. The van der Waals surface area contributed by atoms with Crippen LogP contribution in [0.1, 0.15) is 24.8 Å². The molecule has 1 aromatic rings. The molecule has 0 spiro atoms. The molecule has 0 radical (unpaired) electrons. The second kappa shape index (κ2) is 6.33. The van der Waals surface area contributed by atoms with Gasteiger partial charge in [-0.05, 0) is 56.0 Å². The van der Waals surface area contributed by atoms with Crippen molar-refractivity contribution in [3.63, 3.8) is 0 Å². The highest BCUT2D eigenvalue weighted by Crippen LogP contribution is 2.31. The summed E-state index contributed by atoms with van der Waals surface area (Å²) in [6.07, 6.45) is 4.31. The normalized spacial score (nSPS) is 27.8. The summed E-state index contributed by atoms with van der Waals surface area (Å²) in [6, 6.07) is 6.23. The monoisotopic (exact) mass is 334 g/mol. The van der Waals surface area contributed by atoms with Gasteiger partial charge in [-0.2, -0.15) is 0 Å². The van der Waals surface area contributed by atoms with Crippen LogP contribution in [0, 0.1) is 5.92 Å². The van der Waals surface area contributed by atoms with Crippen LogP contribution >= 0.6 is 11.6 Å². The molecule has 0 bridgehead atoms. The molecule has 0 unspecified atom stereocenters. The van der Waals surface area contributed by atoms with Crippen molar-refractivity contribution in [3.05, 3.63) is 28.8 Å². The summed E-state index contributed by atoms with van der Waals surface area (Å²) in [5, 5.41) is 0.705. The molecule has 4 rings (SSSR count). The maximum atomic E-state index is 13.0. The first-order valence-corrected chi connectivity index (χ1v) is 9.02. The number of carbonyl (C=O) groups is 1. The minimum Gasteiger partial charge on any atom is -0.492 e.